The molecule has 0 bridgehead atoms. The van der Waals surface area contributed by atoms with Crippen molar-refractivity contribution in [1.29, 1.82) is 0 Å². The Labute approximate surface area is 89.5 Å². The third kappa shape index (κ3) is 3.50. The maximum atomic E-state index is 10.3. The molecule has 0 heterocycles. The van der Waals surface area contributed by atoms with Gasteiger partial charge < -0.3 is 9.90 Å². The second kappa shape index (κ2) is 5.64. The van der Waals surface area contributed by atoms with Crippen LogP contribution in [0.5, 0.6) is 0 Å². The van der Waals surface area contributed by atoms with Gasteiger partial charge in [-0.2, -0.15) is 0 Å². The molecule has 0 aliphatic heterocycles. The standard InChI is InChI=1S/C10H10O2.Li/c1-2-3-8-4-6-9(7-5-8)10(11)12;/h2-7H,1H3,(H,11,12);/q;+1/p-1. The summed E-state index contributed by atoms with van der Waals surface area (Å²) in [5, 5.41) is 10.3. The van der Waals surface area contributed by atoms with Crippen LogP contribution in [-0.4, -0.2) is 5.97 Å². The number of carbonyl (C=O) groups is 1. The SMILES string of the molecule is CC=Cc1ccc(C(=O)[O-])cc1.[Li+]. The van der Waals surface area contributed by atoms with E-state index in [1.165, 1.54) is 12.1 Å². The van der Waals surface area contributed by atoms with Crippen molar-refractivity contribution in [2.75, 3.05) is 0 Å². The minimum atomic E-state index is -1.14. The summed E-state index contributed by atoms with van der Waals surface area (Å²) in [6, 6.07) is 6.55. The number of allylic oxidation sites excluding steroid dienone is 1. The molecular formula is C10H9LiO2. The first-order valence-electron chi connectivity index (χ1n) is 3.68. The van der Waals surface area contributed by atoms with E-state index < -0.39 is 5.97 Å². The number of carbonyl (C=O) groups excluding carboxylic acids is 1. The van der Waals surface area contributed by atoms with Gasteiger partial charge in [0, 0.05) is 0 Å². The monoisotopic (exact) mass is 168 g/mol. The predicted octanol–water partition coefficient (Wildman–Crippen LogP) is -1.91. The van der Waals surface area contributed by atoms with Crippen molar-refractivity contribution in [3.8, 4) is 0 Å². The number of carboxylic acid groups (broad SMARTS) is 1. The van der Waals surface area contributed by atoms with Gasteiger partial charge in [-0.15, -0.1) is 0 Å². The summed E-state index contributed by atoms with van der Waals surface area (Å²) < 4.78 is 0. The van der Waals surface area contributed by atoms with Crippen molar-refractivity contribution in [3.63, 3.8) is 0 Å². The molecular weight excluding hydrogens is 159 g/mol. The van der Waals surface area contributed by atoms with Gasteiger partial charge in [0.15, 0.2) is 0 Å². The van der Waals surface area contributed by atoms with E-state index in [9.17, 15) is 9.90 Å². The Balaban J connectivity index is 0.00000144. The van der Waals surface area contributed by atoms with E-state index in [1.807, 2.05) is 19.1 Å². The molecule has 0 saturated heterocycles. The van der Waals surface area contributed by atoms with Gasteiger partial charge >= 0.3 is 18.9 Å². The minimum Gasteiger partial charge on any atom is -0.545 e. The molecule has 0 aliphatic rings. The average Bonchev–Trinajstić information content (AvgIpc) is 2.06. The quantitative estimate of drug-likeness (QED) is 0.483. The van der Waals surface area contributed by atoms with Crippen LogP contribution in [0.2, 0.25) is 0 Å². The smallest absolute Gasteiger partial charge is 0.545 e. The van der Waals surface area contributed by atoms with Crippen LogP contribution in [0, 0.1) is 0 Å². The van der Waals surface area contributed by atoms with E-state index in [2.05, 4.69) is 0 Å². The Morgan fingerprint density at radius 3 is 2.23 bits per heavy atom. The van der Waals surface area contributed by atoms with Gasteiger partial charge in [0.2, 0.25) is 0 Å². The molecule has 0 radical (unpaired) electrons. The van der Waals surface area contributed by atoms with E-state index in [1.54, 1.807) is 12.1 Å². The molecule has 62 valence electrons. The van der Waals surface area contributed by atoms with E-state index in [4.69, 9.17) is 0 Å². The van der Waals surface area contributed by atoms with Crippen LogP contribution in [-0.2, 0) is 0 Å². The normalized spacial score (nSPS) is 9.62. The van der Waals surface area contributed by atoms with Gasteiger partial charge in [0.05, 0.1) is 5.97 Å². The van der Waals surface area contributed by atoms with Crippen molar-refractivity contribution in [1.82, 2.24) is 0 Å². The first-order chi connectivity index (χ1) is 5.74. The van der Waals surface area contributed by atoms with Crippen LogP contribution in [0.25, 0.3) is 6.08 Å². The van der Waals surface area contributed by atoms with Gasteiger partial charge in [-0.3, -0.25) is 0 Å². The summed E-state index contributed by atoms with van der Waals surface area (Å²) in [5.74, 6) is -1.14. The number of hydrogen-bond donors (Lipinski definition) is 0. The molecule has 0 atom stereocenters. The zero-order valence-electron chi connectivity index (χ0n) is 7.78. The Kier molecular flexibility index (Phi) is 5.21. The Bertz CT molecular complexity index is 301. The van der Waals surface area contributed by atoms with Crippen molar-refractivity contribution in [3.05, 3.63) is 41.5 Å². The number of rotatable bonds is 2. The Hall–Kier alpha value is -0.973. The van der Waals surface area contributed by atoms with Crippen LogP contribution in [0.1, 0.15) is 22.8 Å². The molecule has 0 aliphatic carbocycles. The topological polar surface area (TPSA) is 40.1 Å². The van der Waals surface area contributed by atoms with Crippen molar-refractivity contribution in [2.45, 2.75) is 6.92 Å². The van der Waals surface area contributed by atoms with E-state index in [0.29, 0.717) is 0 Å². The van der Waals surface area contributed by atoms with E-state index >= 15 is 0 Å². The van der Waals surface area contributed by atoms with Crippen molar-refractivity contribution < 1.29 is 28.8 Å². The molecule has 3 heteroatoms. The van der Waals surface area contributed by atoms with Crippen LogP contribution in [0.4, 0.5) is 0 Å². The molecule has 1 rings (SSSR count). The van der Waals surface area contributed by atoms with Gasteiger partial charge in [0.1, 0.15) is 0 Å². The summed E-state index contributed by atoms with van der Waals surface area (Å²) in [4.78, 5) is 10.3. The molecule has 0 saturated carbocycles. The fraction of sp³-hybridized carbons (Fsp3) is 0.100. The molecule has 0 amide bonds. The zero-order chi connectivity index (χ0) is 8.97. The maximum absolute atomic E-state index is 10.3. The first kappa shape index (κ1) is 12.0. The van der Waals surface area contributed by atoms with Crippen LogP contribution in [0.15, 0.2) is 30.3 Å². The third-order valence-electron chi connectivity index (χ3n) is 1.51. The average molecular weight is 168 g/mol. The summed E-state index contributed by atoms with van der Waals surface area (Å²) in [7, 11) is 0. The number of benzene rings is 1. The van der Waals surface area contributed by atoms with E-state index in [0.717, 1.165) is 5.56 Å². The largest absolute Gasteiger partial charge is 1.00 e. The molecule has 0 spiro atoms. The van der Waals surface area contributed by atoms with Crippen LogP contribution < -0.4 is 24.0 Å². The number of aromatic carboxylic acids is 1. The van der Waals surface area contributed by atoms with Gasteiger partial charge in [0.25, 0.3) is 0 Å². The summed E-state index contributed by atoms with van der Waals surface area (Å²) >= 11 is 0. The first-order valence-corrected chi connectivity index (χ1v) is 3.68. The number of carboxylic acids is 1. The molecule has 2 nitrogen and oxygen atoms in total. The molecule has 1 aromatic carbocycles. The summed E-state index contributed by atoms with van der Waals surface area (Å²) in [6.45, 7) is 1.91. The van der Waals surface area contributed by atoms with Gasteiger partial charge in [-0.1, -0.05) is 36.4 Å². The van der Waals surface area contributed by atoms with Gasteiger partial charge in [-0.05, 0) is 18.1 Å². The molecule has 0 aromatic heterocycles. The molecule has 0 fully saturated rings. The van der Waals surface area contributed by atoms with Crippen molar-refractivity contribution in [2.24, 2.45) is 0 Å². The molecule has 1 aromatic rings. The predicted molar refractivity (Wildman–Crippen MR) is 45.5 cm³/mol. The second-order valence-corrected chi connectivity index (χ2v) is 2.41. The fourth-order valence-electron chi connectivity index (χ4n) is 0.923. The third-order valence-corrected chi connectivity index (χ3v) is 1.51. The molecule has 0 N–H and O–H groups in total. The molecule has 0 unspecified atom stereocenters. The zero-order valence-corrected chi connectivity index (χ0v) is 7.78. The summed E-state index contributed by atoms with van der Waals surface area (Å²) in [5.41, 5.74) is 1.20. The van der Waals surface area contributed by atoms with Crippen LogP contribution >= 0.6 is 0 Å². The number of hydrogen-bond acceptors (Lipinski definition) is 2. The van der Waals surface area contributed by atoms with Crippen molar-refractivity contribution >= 4 is 12.0 Å². The summed E-state index contributed by atoms with van der Waals surface area (Å²) in [6.07, 6.45) is 3.80. The maximum Gasteiger partial charge on any atom is 1.00 e. The second-order valence-electron chi connectivity index (χ2n) is 2.41. The molecule has 13 heavy (non-hydrogen) atoms. The van der Waals surface area contributed by atoms with Gasteiger partial charge in [-0.25, -0.2) is 0 Å². The Morgan fingerprint density at radius 1 is 1.31 bits per heavy atom. The van der Waals surface area contributed by atoms with Crippen LogP contribution in [0.3, 0.4) is 0 Å². The fourth-order valence-corrected chi connectivity index (χ4v) is 0.923. The Morgan fingerprint density at radius 2 is 1.85 bits per heavy atom. The minimum absolute atomic E-state index is 0. The van der Waals surface area contributed by atoms with E-state index in [-0.39, 0.29) is 24.4 Å².